The molecule has 3 aliphatic heterocycles. The van der Waals surface area contributed by atoms with Gasteiger partial charge in [-0.15, -0.1) is 13.2 Å². The zero-order chi connectivity index (χ0) is 26.5. The SMILES string of the molecule is CC1(C)C(=O)N(c2ccc(OC(F)(F)F)c(N3CCOCC3)c2)C(=O)N1Cc1ccnc2c1CC(=O)N2. The Hall–Kier alpha value is -3.87. The van der Waals surface area contributed by atoms with Crippen LogP contribution in [0, 0.1) is 0 Å². The van der Waals surface area contributed by atoms with E-state index in [1.165, 1.54) is 23.2 Å². The number of anilines is 3. The highest BCUT2D eigenvalue weighted by atomic mass is 19.4. The number of nitrogens with one attached hydrogen (secondary N) is 1. The predicted octanol–water partition coefficient (Wildman–Crippen LogP) is 3.06. The van der Waals surface area contributed by atoms with Crippen LogP contribution in [0.3, 0.4) is 0 Å². The second kappa shape index (κ2) is 8.91. The Bertz CT molecular complexity index is 1280. The number of rotatable bonds is 5. The zero-order valence-electron chi connectivity index (χ0n) is 20.1. The molecule has 2 fully saturated rings. The molecule has 4 amide bonds. The number of morpholine rings is 1. The summed E-state index contributed by atoms with van der Waals surface area (Å²) in [6, 6.07) is 4.78. The number of pyridine rings is 1. The highest BCUT2D eigenvalue weighted by molar-refractivity contribution is 6.23. The van der Waals surface area contributed by atoms with Crippen molar-refractivity contribution in [1.29, 1.82) is 0 Å². The Balaban J connectivity index is 1.49. The summed E-state index contributed by atoms with van der Waals surface area (Å²) in [5.74, 6) is -0.755. The maximum absolute atomic E-state index is 13.6. The average molecular weight is 519 g/mol. The first-order valence-corrected chi connectivity index (χ1v) is 11.6. The molecule has 10 nitrogen and oxygen atoms in total. The minimum absolute atomic E-state index is 0.0411. The van der Waals surface area contributed by atoms with Gasteiger partial charge in [0, 0.05) is 31.4 Å². The minimum atomic E-state index is -4.92. The van der Waals surface area contributed by atoms with Gasteiger partial charge in [-0.1, -0.05) is 0 Å². The molecule has 2 aromatic rings. The molecular weight excluding hydrogens is 495 g/mol. The fraction of sp³-hybridized carbons (Fsp3) is 0.417. The molecule has 1 aromatic carbocycles. The Morgan fingerprint density at radius 2 is 1.86 bits per heavy atom. The van der Waals surface area contributed by atoms with Crippen molar-refractivity contribution in [3.05, 3.63) is 41.6 Å². The number of carbonyl (C=O) groups excluding carboxylic acids is 3. The van der Waals surface area contributed by atoms with E-state index in [1.54, 1.807) is 24.8 Å². The van der Waals surface area contributed by atoms with Gasteiger partial charge in [0.25, 0.3) is 5.91 Å². The Morgan fingerprint density at radius 3 is 2.57 bits per heavy atom. The third-order valence-electron chi connectivity index (χ3n) is 6.68. The lowest BCUT2D eigenvalue weighted by molar-refractivity contribution is -0.274. The van der Waals surface area contributed by atoms with E-state index in [0.29, 0.717) is 43.2 Å². The van der Waals surface area contributed by atoms with Gasteiger partial charge in [-0.3, -0.25) is 9.59 Å². The molecule has 13 heteroatoms. The number of aromatic nitrogens is 1. The fourth-order valence-corrected chi connectivity index (χ4v) is 4.73. The van der Waals surface area contributed by atoms with Crippen LogP contribution < -0.4 is 19.9 Å². The first kappa shape index (κ1) is 24.8. The van der Waals surface area contributed by atoms with Gasteiger partial charge in [0.1, 0.15) is 11.4 Å². The van der Waals surface area contributed by atoms with Crippen LogP contribution in [0.5, 0.6) is 5.75 Å². The highest BCUT2D eigenvalue weighted by Gasteiger charge is 2.52. The average Bonchev–Trinajstić information content (AvgIpc) is 3.30. The molecule has 0 bridgehead atoms. The third-order valence-corrected chi connectivity index (χ3v) is 6.68. The van der Waals surface area contributed by atoms with E-state index in [1.807, 2.05) is 0 Å². The number of alkyl halides is 3. The lowest BCUT2D eigenvalue weighted by Gasteiger charge is -2.31. The molecule has 4 heterocycles. The van der Waals surface area contributed by atoms with Gasteiger partial charge in [0.05, 0.1) is 31.0 Å². The quantitative estimate of drug-likeness (QED) is 0.606. The van der Waals surface area contributed by atoms with Crippen LogP contribution in [0.25, 0.3) is 0 Å². The lowest BCUT2D eigenvalue weighted by Crippen LogP contribution is -2.43. The molecule has 5 rings (SSSR count). The van der Waals surface area contributed by atoms with Crippen LogP contribution >= 0.6 is 0 Å². The molecule has 0 unspecified atom stereocenters. The van der Waals surface area contributed by atoms with E-state index in [4.69, 9.17) is 4.74 Å². The molecule has 196 valence electrons. The van der Waals surface area contributed by atoms with Crippen molar-refractivity contribution in [1.82, 2.24) is 9.88 Å². The Labute approximate surface area is 209 Å². The van der Waals surface area contributed by atoms with Crippen molar-refractivity contribution in [2.45, 2.75) is 38.7 Å². The third kappa shape index (κ3) is 4.54. The van der Waals surface area contributed by atoms with Crippen molar-refractivity contribution in [2.24, 2.45) is 0 Å². The summed E-state index contributed by atoms with van der Waals surface area (Å²) >= 11 is 0. The van der Waals surface area contributed by atoms with Gasteiger partial charge in [-0.05, 0) is 43.7 Å². The molecule has 0 atom stereocenters. The van der Waals surface area contributed by atoms with Crippen molar-refractivity contribution in [3.8, 4) is 5.75 Å². The normalized spacial score (nSPS) is 19.4. The number of fused-ring (bicyclic) bond motifs is 1. The number of ether oxygens (including phenoxy) is 2. The Kier molecular flexibility index (Phi) is 5.97. The summed E-state index contributed by atoms with van der Waals surface area (Å²) in [6.45, 7) is 4.50. The first-order valence-electron chi connectivity index (χ1n) is 11.6. The number of hydrogen-bond acceptors (Lipinski definition) is 7. The van der Waals surface area contributed by atoms with Crippen LogP contribution in [-0.2, 0) is 27.3 Å². The van der Waals surface area contributed by atoms with Gasteiger partial charge in [0.2, 0.25) is 5.91 Å². The number of hydrogen-bond donors (Lipinski definition) is 1. The number of halogens is 3. The molecule has 3 aliphatic rings. The van der Waals surface area contributed by atoms with Crippen molar-refractivity contribution >= 4 is 35.0 Å². The summed E-state index contributed by atoms with van der Waals surface area (Å²) in [5.41, 5.74) is 0.293. The summed E-state index contributed by atoms with van der Waals surface area (Å²) in [6.07, 6.45) is -3.29. The van der Waals surface area contributed by atoms with Crippen molar-refractivity contribution in [2.75, 3.05) is 41.4 Å². The number of nitrogens with zero attached hydrogens (tertiary/aromatic N) is 4. The molecule has 0 radical (unpaired) electrons. The van der Waals surface area contributed by atoms with Crippen LogP contribution in [0.2, 0.25) is 0 Å². The number of carbonyl (C=O) groups is 3. The van der Waals surface area contributed by atoms with Gasteiger partial charge in [-0.25, -0.2) is 14.7 Å². The standard InChI is InChI=1S/C24H24F3N5O5/c1-23(2)21(34)32(22(35)31(23)13-14-5-6-28-20-16(14)12-19(33)29-20)15-3-4-18(37-24(25,26)27)17(11-15)30-7-9-36-10-8-30/h3-6,11H,7-10,12-13H2,1-2H3,(H,28,29,33). The molecule has 1 N–H and O–H groups in total. The molecule has 0 saturated carbocycles. The van der Waals surface area contributed by atoms with Crippen molar-refractivity contribution < 1.29 is 37.0 Å². The van der Waals surface area contributed by atoms with E-state index < -0.39 is 29.6 Å². The van der Waals surface area contributed by atoms with Crippen LogP contribution in [0.1, 0.15) is 25.0 Å². The van der Waals surface area contributed by atoms with Gasteiger partial charge in [-0.2, -0.15) is 0 Å². The summed E-state index contributed by atoms with van der Waals surface area (Å²) in [5, 5.41) is 2.66. The smallest absolute Gasteiger partial charge is 0.404 e. The monoisotopic (exact) mass is 519 g/mol. The second-order valence-corrected chi connectivity index (χ2v) is 9.39. The molecule has 37 heavy (non-hydrogen) atoms. The lowest BCUT2D eigenvalue weighted by atomic mass is 10.0. The molecule has 0 aliphatic carbocycles. The zero-order valence-corrected chi connectivity index (χ0v) is 20.1. The number of amides is 4. The second-order valence-electron chi connectivity index (χ2n) is 9.39. The van der Waals surface area contributed by atoms with E-state index >= 15 is 0 Å². The molecule has 2 saturated heterocycles. The fourth-order valence-electron chi connectivity index (χ4n) is 4.73. The highest BCUT2D eigenvalue weighted by Crippen LogP contribution is 2.40. The maximum atomic E-state index is 13.6. The first-order chi connectivity index (χ1) is 17.5. The van der Waals surface area contributed by atoms with Gasteiger partial charge < -0.3 is 24.6 Å². The van der Waals surface area contributed by atoms with Crippen molar-refractivity contribution in [3.63, 3.8) is 0 Å². The van der Waals surface area contributed by atoms with Crippen LogP contribution in [0.4, 0.5) is 35.2 Å². The van der Waals surface area contributed by atoms with E-state index in [-0.39, 0.29) is 30.2 Å². The molecule has 1 aromatic heterocycles. The maximum Gasteiger partial charge on any atom is 0.573 e. The van der Waals surface area contributed by atoms with Crippen LogP contribution in [0.15, 0.2) is 30.5 Å². The number of urea groups is 1. The van der Waals surface area contributed by atoms with Gasteiger partial charge in [0.15, 0.2) is 5.75 Å². The number of benzene rings is 1. The minimum Gasteiger partial charge on any atom is -0.404 e. The van der Waals surface area contributed by atoms with E-state index in [0.717, 1.165) is 11.0 Å². The number of imide groups is 1. The topological polar surface area (TPSA) is 104 Å². The summed E-state index contributed by atoms with van der Waals surface area (Å²) in [7, 11) is 0. The largest absolute Gasteiger partial charge is 0.573 e. The van der Waals surface area contributed by atoms with Crippen LogP contribution in [-0.4, -0.2) is 65.9 Å². The Morgan fingerprint density at radius 1 is 1.14 bits per heavy atom. The van der Waals surface area contributed by atoms with E-state index in [9.17, 15) is 27.6 Å². The van der Waals surface area contributed by atoms with E-state index in [2.05, 4.69) is 15.0 Å². The summed E-state index contributed by atoms with van der Waals surface area (Å²) in [4.78, 5) is 47.1. The molecular formula is C24H24F3N5O5. The summed E-state index contributed by atoms with van der Waals surface area (Å²) < 4.78 is 48.7. The molecule has 0 spiro atoms. The van der Waals surface area contributed by atoms with Gasteiger partial charge >= 0.3 is 12.4 Å². The predicted molar refractivity (Wildman–Crippen MR) is 125 cm³/mol.